The summed E-state index contributed by atoms with van der Waals surface area (Å²) in [5.74, 6) is 1.11. The van der Waals surface area contributed by atoms with E-state index in [0.29, 0.717) is 28.2 Å². The lowest BCUT2D eigenvalue weighted by Gasteiger charge is -1.96. The number of nitrogens with one attached hydrogen (secondary N) is 1. The van der Waals surface area contributed by atoms with Crippen molar-refractivity contribution in [2.45, 2.75) is 0 Å². The Hall–Kier alpha value is -3.92. The normalized spacial score (nSPS) is 11.6. The van der Waals surface area contributed by atoms with Gasteiger partial charge >= 0.3 is 0 Å². The van der Waals surface area contributed by atoms with Gasteiger partial charge in [-0.3, -0.25) is 10.1 Å². The number of hydrogen-bond donors (Lipinski definition) is 1. The number of ether oxygens (including phenoxy) is 1. The van der Waals surface area contributed by atoms with Crippen molar-refractivity contribution in [3.05, 3.63) is 76.1 Å². The average molecular weight is 346 g/mol. The van der Waals surface area contributed by atoms with E-state index in [9.17, 15) is 15.4 Å². The van der Waals surface area contributed by atoms with Gasteiger partial charge in [0.15, 0.2) is 0 Å². The van der Waals surface area contributed by atoms with Crippen LogP contribution in [-0.2, 0) is 0 Å². The molecule has 0 fully saturated rings. The zero-order chi connectivity index (χ0) is 18.5. The molecule has 0 aliphatic rings. The highest BCUT2D eigenvalue weighted by Gasteiger charge is 2.10. The first-order valence-electron chi connectivity index (χ1n) is 7.68. The van der Waals surface area contributed by atoms with Gasteiger partial charge in [0, 0.05) is 12.1 Å². The maximum atomic E-state index is 11.0. The molecule has 1 aromatic heterocycles. The molecule has 7 heteroatoms. The largest absolute Gasteiger partial charge is 0.497 e. The molecule has 1 heterocycles. The molecule has 3 aromatic rings. The number of nitrogens with zero attached hydrogens (tertiary/aromatic N) is 3. The summed E-state index contributed by atoms with van der Waals surface area (Å²) in [6.45, 7) is 0. The minimum atomic E-state index is -0.443. The van der Waals surface area contributed by atoms with Crippen LogP contribution in [0.25, 0.3) is 22.7 Å². The molecule has 26 heavy (non-hydrogen) atoms. The predicted molar refractivity (Wildman–Crippen MR) is 98.4 cm³/mol. The fourth-order valence-electron chi connectivity index (χ4n) is 2.46. The van der Waals surface area contributed by atoms with Gasteiger partial charge in [0.2, 0.25) is 0 Å². The Kier molecular flexibility index (Phi) is 4.76. The van der Waals surface area contributed by atoms with Crippen molar-refractivity contribution in [1.29, 1.82) is 5.26 Å². The average Bonchev–Trinajstić information content (AvgIpc) is 3.08. The van der Waals surface area contributed by atoms with E-state index in [1.54, 1.807) is 61.7 Å². The third kappa shape index (κ3) is 3.44. The Balaban J connectivity index is 1.92. The van der Waals surface area contributed by atoms with Crippen molar-refractivity contribution >= 4 is 28.4 Å². The summed E-state index contributed by atoms with van der Waals surface area (Å²) < 4.78 is 5.17. The minimum Gasteiger partial charge on any atom is -0.497 e. The number of H-pyrrole nitrogens is 1. The van der Waals surface area contributed by atoms with E-state index in [1.807, 2.05) is 0 Å². The fourth-order valence-corrected chi connectivity index (χ4v) is 2.46. The number of nitriles is 1. The maximum absolute atomic E-state index is 11.0. The predicted octanol–water partition coefficient (Wildman–Crippen LogP) is 4.10. The molecule has 0 bridgehead atoms. The number of allylic oxidation sites excluding steroid dienone is 3. The Morgan fingerprint density at radius 2 is 2.15 bits per heavy atom. The molecule has 0 saturated heterocycles. The van der Waals surface area contributed by atoms with Crippen molar-refractivity contribution in [3.63, 3.8) is 0 Å². The zero-order valence-corrected chi connectivity index (χ0v) is 13.8. The van der Waals surface area contributed by atoms with Gasteiger partial charge in [0.25, 0.3) is 5.69 Å². The van der Waals surface area contributed by atoms with Gasteiger partial charge in [-0.25, -0.2) is 4.98 Å². The number of fused-ring (bicyclic) bond motifs is 1. The topological polar surface area (TPSA) is 105 Å². The van der Waals surface area contributed by atoms with Crippen molar-refractivity contribution in [3.8, 4) is 11.8 Å². The number of rotatable bonds is 5. The maximum Gasteiger partial charge on any atom is 0.276 e. The van der Waals surface area contributed by atoms with Crippen LogP contribution < -0.4 is 4.74 Å². The minimum absolute atomic E-state index is 0.00601. The van der Waals surface area contributed by atoms with Crippen LogP contribution in [0.4, 0.5) is 5.69 Å². The SMILES string of the molecule is COc1ccc2nc(/C(C#N)=C/C=C/c3ccccc3[N+](=O)[O-])[nH]c2c1. The fraction of sp³-hybridized carbons (Fsp3) is 0.0526. The number of methoxy groups -OCH3 is 1. The standard InChI is InChI=1S/C19H14N4O3/c1-26-15-9-10-16-17(11-15)22-19(21-16)14(12-20)7-4-6-13-5-2-3-8-18(13)23(24)25/h2-11H,1H3,(H,21,22)/b6-4+,14-7+. The summed E-state index contributed by atoms with van der Waals surface area (Å²) >= 11 is 0. The second-order valence-electron chi connectivity index (χ2n) is 5.34. The van der Waals surface area contributed by atoms with Gasteiger partial charge in [0.1, 0.15) is 17.6 Å². The highest BCUT2D eigenvalue weighted by atomic mass is 16.6. The Bertz CT molecular complexity index is 1070. The van der Waals surface area contributed by atoms with Crippen molar-refractivity contribution < 1.29 is 9.66 Å². The number of para-hydroxylation sites is 1. The number of aromatic amines is 1. The summed E-state index contributed by atoms with van der Waals surface area (Å²) in [6.07, 6.45) is 4.74. The first kappa shape index (κ1) is 16.9. The van der Waals surface area contributed by atoms with Crippen LogP contribution in [0.15, 0.2) is 54.6 Å². The molecule has 0 aliphatic carbocycles. The molecular formula is C19H14N4O3. The summed E-state index contributed by atoms with van der Waals surface area (Å²) in [6, 6.07) is 13.9. The molecule has 3 rings (SSSR count). The second kappa shape index (κ2) is 7.32. The molecule has 7 nitrogen and oxygen atoms in total. The molecule has 0 spiro atoms. The molecule has 2 aromatic carbocycles. The van der Waals surface area contributed by atoms with E-state index >= 15 is 0 Å². The van der Waals surface area contributed by atoms with E-state index in [-0.39, 0.29) is 5.69 Å². The van der Waals surface area contributed by atoms with E-state index in [4.69, 9.17) is 4.74 Å². The smallest absolute Gasteiger partial charge is 0.276 e. The van der Waals surface area contributed by atoms with Crippen LogP contribution in [0, 0.1) is 21.4 Å². The van der Waals surface area contributed by atoms with E-state index in [2.05, 4.69) is 16.0 Å². The number of nitro groups is 1. The van der Waals surface area contributed by atoms with Gasteiger partial charge in [-0.1, -0.05) is 18.2 Å². The molecule has 0 saturated carbocycles. The molecule has 128 valence electrons. The van der Waals surface area contributed by atoms with Gasteiger partial charge in [-0.05, 0) is 30.4 Å². The lowest BCUT2D eigenvalue weighted by atomic mass is 10.1. The molecular weight excluding hydrogens is 332 g/mol. The third-order valence-electron chi connectivity index (χ3n) is 3.74. The van der Waals surface area contributed by atoms with Crippen LogP contribution in [0.3, 0.4) is 0 Å². The van der Waals surface area contributed by atoms with Gasteiger partial charge < -0.3 is 9.72 Å². The second-order valence-corrected chi connectivity index (χ2v) is 5.34. The highest BCUT2D eigenvalue weighted by molar-refractivity contribution is 5.83. The number of benzene rings is 2. The summed E-state index contributed by atoms with van der Waals surface area (Å²) in [7, 11) is 1.58. The van der Waals surface area contributed by atoms with Crippen LogP contribution >= 0.6 is 0 Å². The van der Waals surface area contributed by atoms with Gasteiger partial charge in [0.05, 0.1) is 34.2 Å². The number of aromatic nitrogens is 2. The first-order chi connectivity index (χ1) is 12.6. The quantitative estimate of drug-likeness (QED) is 0.324. The van der Waals surface area contributed by atoms with Crippen LogP contribution in [-0.4, -0.2) is 22.0 Å². The molecule has 0 radical (unpaired) electrons. The third-order valence-corrected chi connectivity index (χ3v) is 3.74. The van der Waals surface area contributed by atoms with Crippen molar-refractivity contribution in [1.82, 2.24) is 9.97 Å². The van der Waals surface area contributed by atoms with E-state index in [0.717, 1.165) is 5.52 Å². The van der Waals surface area contributed by atoms with Crippen LogP contribution in [0.2, 0.25) is 0 Å². The Morgan fingerprint density at radius 3 is 2.88 bits per heavy atom. The molecule has 0 amide bonds. The van der Waals surface area contributed by atoms with E-state index < -0.39 is 4.92 Å². The zero-order valence-electron chi connectivity index (χ0n) is 13.8. The van der Waals surface area contributed by atoms with Crippen molar-refractivity contribution in [2.24, 2.45) is 0 Å². The molecule has 0 unspecified atom stereocenters. The summed E-state index contributed by atoms with van der Waals surface area (Å²) in [5.41, 5.74) is 2.25. The highest BCUT2D eigenvalue weighted by Crippen LogP contribution is 2.22. The number of nitro benzene ring substituents is 1. The summed E-state index contributed by atoms with van der Waals surface area (Å²) in [5, 5.41) is 20.4. The van der Waals surface area contributed by atoms with Gasteiger partial charge in [-0.2, -0.15) is 5.26 Å². The van der Waals surface area contributed by atoms with Crippen LogP contribution in [0.1, 0.15) is 11.4 Å². The molecule has 0 aliphatic heterocycles. The van der Waals surface area contributed by atoms with Crippen LogP contribution in [0.5, 0.6) is 5.75 Å². The number of imidazole rings is 1. The van der Waals surface area contributed by atoms with Gasteiger partial charge in [-0.15, -0.1) is 0 Å². The number of hydrogen-bond acceptors (Lipinski definition) is 5. The lowest BCUT2D eigenvalue weighted by molar-refractivity contribution is -0.385. The lowest BCUT2D eigenvalue weighted by Crippen LogP contribution is -1.90. The van der Waals surface area contributed by atoms with E-state index in [1.165, 1.54) is 6.07 Å². The monoisotopic (exact) mass is 346 g/mol. The first-order valence-corrected chi connectivity index (χ1v) is 7.68. The molecule has 1 N–H and O–H groups in total. The Morgan fingerprint density at radius 1 is 1.35 bits per heavy atom. The Labute approximate surface area is 149 Å². The summed E-state index contributed by atoms with van der Waals surface area (Å²) in [4.78, 5) is 18.0. The van der Waals surface area contributed by atoms with Crippen molar-refractivity contribution in [2.75, 3.05) is 7.11 Å². The molecule has 0 atom stereocenters.